The molecule has 3 heterocycles. The molecule has 20 nitrogen and oxygen atoms in total. The minimum absolute atomic E-state index is 0.0102. The fourth-order valence-electron chi connectivity index (χ4n) is 4.36. The van der Waals surface area contributed by atoms with Crippen molar-refractivity contribution in [2.45, 2.75) is 74.1 Å². The van der Waals surface area contributed by atoms with E-state index in [0.29, 0.717) is 0 Å². The number of carbonyl (C=O) groups is 2. The molecule has 2 saturated heterocycles. The minimum Gasteiger partial charge on any atom is -0.477 e. The number of hydrogen-bond donors (Lipinski definition) is 11. The van der Waals surface area contributed by atoms with Crippen LogP contribution in [0, 0.1) is 0 Å². The first-order valence-corrected chi connectivity index (χ1v) is 13.4. The van der Waals surface area contributed by atoms with Crippen LogP contribution in [0.1, 0.15) is 19.6 Å². The minimum atomic E-state index is -5.51. The van der Waals surface area contributed by atoms with Crippen molar-refractivity contribution in [2.75, 3.05) is 18.9 Å². The van der Waals surface area contributed by atoms with E-state index in [1.807, 2.05) is 0 Å². The van der Waals surface area contributed by atoms with E-state index in [1.54, 1.807) is 0 Å². The summed E-state index contributed by atoms with van der Waals surface area (Å²) in [5.74, 6) is -6.06. The number of nitrogen functional groups attached to an aromatic ring is 1. The molecule has 0 aliphatic carbocycles. The van der Waals surface area contributed by atoms with E-state index in [2.05, 4.69) is 10.3 Å². The van der Waals surface area contributed by atoms with Gasteiger partial charge in [-0.15, -0.1) is 0 Å². The number of anilines is 1. The standard InChI is InChI=1S/C20H31N4O16P/c1-7(26)22-12-8(27)4-20(18(32)33,39-16(12)13(29)9(28)5-25)40-41(35,36)37-6-10-14(30)15(31)17(38-10)24-3-2-11(21)23-19(24)34/h2-3,8-10,12-17,25,27-31H,4-6H2,1H3,(H5,21,22,23,26,32,33,34,35,36)/p+1/t8-,9+,10+,12+,13+,14+,15+,16+,17+,20+/m0/s1. The van der Waals surface area contributed by atoms with E-state index in [4.69, 9.17) is 24.3 Å². The zero-order chi connectivity index (χ0) is 30.9. The number of aliphatic hydroxyl groups is 6. The summed E-state index contributed by atoms with van der Waals surface area (Å²) in [5.41, 5.74) is 4.64. The molecule has 0 saturated carbocycles. The molecule has 2 fully saturated rings. The van der Waals surface area contributed by atoms with E-state index in [9.17, 15) is 59.6 Å². The number of phosphoric ester groups is 1. The maximum atomic E-state index is 12.8. The molecule has 12 N–H and O–H groups in total. The van der Waals surface area contributed by atoms with Gasteiger partial charge in [0, 0.05) is 19.4 Å². The number of nitrogens with zero attached hydrogens (tertiary/aromatic N) is 1. The number of nitrogens with one attached hydrogen (secondary N) is 2. The number of aromatic nitrogens is 2. The van der Waals surface area contributed by atoms with Gasteiger partial charge in [0.2, 0.25) is 12.1 Å². The molecule has 0 radical (unpaired) electrons. The highest BCUT2D eigenvalue weighted by Gasteiger charge is 2.59. The fourth-order valence-corrected chi connectivity index (χ4v) is 5.31. The molecule has 0 bridgehead atoms. The highest BCUT2D eigenvalue weighted by molar-refractivity contribution is 7.47. The maximum absolute atomic E-state index is 12.8. The van der Waals surface area contributed by atoms with E-state index in [1.165, 1.54) is 6.07 Å². The Balaban J connectivity index is 1.79. The Hall–Kier alpha value is -2.59. The van der Waals surface area contributed by atoms with Gasteiger partial charge in [-0.3, -0.25) is 9.32 Å². The van der Waals surface area contributed by atoms with Crippen LogP contribution in [0.4, 0.5) is 5.82 Å². The Labute approximate surface area is 230 Å². The van der Waals surface area contributed by atoms with Crippen molar-refractivity contribution < 1.29 is 77.9 Å². The average Bonchev–Trinajstić information content (AvgIpc) is 3.16. The lowest BCUT2D eigenvalue weighted by Crippen LogP contribution is -2.67. The van der Waals surface area contributed by atoms with Crippen LogP contribution in [-0.4, -0.2) is 125 Å². The number of carboxylic acid groups (broad SMARTS) is 1. The van der Waals surface area contributed by atoms with Crippen molar-refractivity contribution in [3.8, 4) is 0 Å². The number of aromatic amines is 1. The van der Waals surface area contributed by atoms with Crippen molar-refractivity contribution in [3.63, 3.8) is 0 Å². The van der Waals surface area contributed by atoms with Gasteiger partial charge in [0.15, 0.2) is 5.82 Å². The van der Waals surface area contributed by atoms with Gasteiger partial charge in [-0.05, 0) is 0 Å². The molecular formula is C20H32N4O16P+. The van der Waals surface area contributed by atoms with Gasteiger partial charge in [0.25, 0.3) is 5.79 Å². The van der Waals surface area contributed by atoms with Crippen LogP contribution in [0.5, 0.6) is 0 Å². The number of carboxylic acids is 1. The largest absolute Gasteiger partial charge is 0.499 e. The first-order chi connectivity index (χ1) is 19.0. The second-order valence-electron chi connectivity index (χ2n) is 9.39. The number of aliphatic hydroxyl groups excluding tert-OH is 6. The summed E-state index contributed by atoms with van der Waals surface area (Å²) in [5, 5.41) is 72.7. The molecule has 0 aromatic carbocycles. The van der Waals surface area contributed by atoms with Gasteiger partial charge in [-0.2, -0.15) is 14.3 Å². The summed E-state index contributed by atoms with van der Waals surface area (Å²) >= 11 is 0. The molecule has 41 heavy (non-hydrogen) atoms. The number of nitrogens with two attached hydrogens (primary N) is 1. The third kappa shape index (κ3) is 7.25. The molecule has 1 aromatic rings. The van der Waals surface area contributed by atoms with E-state index < -0.39 is 106 Å². The highest BCUT2D eigenvalue weighted by atomic mass is 31.2. The molecule has 2 aliphatic rings. The van der Waals surface area contributed by atoms with Crippen LogP contribution in [0.3, 0.4) is 0 Å². The van der Waals surface area contributed by atoms with Crippen molar-refractivity contribution in [2.24, 2.45) is 0 Å². The van der Waals surface area contributed by atoms with Crippen LogP contribution < -0.4 is 21.3 Å². The Morgan fingerprint density at radius 3 is 2.54 bits per heavy atom. The second kappa shape index (κ2) is 12.7. The Bertz CT molecular complexity index is 1220. The second-order valence-corrected chi connectivity index (χ2v) is 10.8. The molecule has 3 rings (SSSR count). The quantitative estimate of drug-likeness (QED) is 0.0815. The zero-order valence-corrected chi connectivity index (χ0v) is 22.2. The van der Waals surface area contributed by atoms with Crippen LogP contribution in [0.25, 0.3) is 0 Å². The van der Waals surface area contributed by atoms with Gasteiger partial charge >= 0.3 is 19.5 Å². The zero-order valence-electron chi connectivity index (χ0n) is 21.3. The molecule has 2 aliphatic heterocycles. The number of rotatable bonds is 11. The van der Waals surface area contributed by atoms with Crippen LogP contribution in [0.15, 0.2) is 17.1 Å². The van der Waals surface area contributed by atoms with E-state index in [0.717, 1.165) is 17.7 Å². The summed E-state index contributed by atoms with van der Waals surface area (Å²) in [6.45, 7) is -1.03. The van der Waals surface area contributed by atoms with Crippen molar-refractivity contribution in [1.29, 1.82) is 0 Å². The highest BCUT2D eigenvalue weighted by Crippen LogP contribution is 2.51. The number of aliphatic carboxylic acids is 1. The summed E-state index contributed by atoms with van der Waals surface area (Å²) in [4.78, 5) is 48.5. The lowest BCUT2D eigenvalue weighted by Gasteiger charge is -2.46. The van der Waals surface area contributed by atoms with Gasteiger partial charge in [-0.1, -0.05) is 0 Å². The molecule has 1 amide bonds. The van der Waals surface area contributed by atoms with Crippen molar-refractivity contribution in [1.82, 2.24) is 10.3 Å². The van der Waals surface area contributed by atoms with Crippen molar-refractivity contribution >= 4 is 25.5 Å². The molecule has 11 atom stereocenters. The fraction of sp³-hybridized carbons (Fsp3) is 0.700. The summed E-state index contributed by atoms with van der Waals surface area (Å²) in [6, 6.07) is -0.304. The molecule has 0 spiro atoms. The molecule has 21 heteroatoms. The van der Waals surface area contributed by atoms with Crippen molar-refractivity contribution in [3.05, 3.63) is 22.7 Å². The molecular weight excluding hydrogens is 583 g/mol. The normalized spacial score (nSPS) is 34.9. The summed E-state index contributed by atoms with van der Waals surface area (Å²) in [6.07, 6.45) is -14.5. The topological polar surface area (TPSA) is 325 Å². The first kappa shape index (κ1) is 32.9. The van der Waals surface area contributed by atoms with Gasteiger partial charge in [0.05, 0.1) is 25.4 Å². The predicted molar refractivity (Wildman–Crippen MR) is 127 cm³/mol. The lowest BCUT2D eigenvalue weighted by molar-refractivity contribution is -0.779. The Kier molecular flexibility index (Phi) is 10.2. The van der Waals surface area contributed by atoms with Gasteiger partial charge in [-0.25, -0.2) is 13.9 Å². The monoisotopic (exact) mass is 615 g/mol. The predicted octanol–water partition coefficient (Wildman–Crippen LogP) is -5.85. The Morgan fingerprint density at radius 2 is 1.98 bits per heavy atom. The average molecular weight is 615 g/mol. The van der Waals surface area contributed by atoms with Crippen LogP contribution in [0.2, 0.25) is 0 Å². The number of carbonyl (C=O) groups excluding carboxylic acids is 1. The molecule has 1 aromatic heterocycles. The smallest absolute Gasteiger partial charge is 0.477 e. The first-order valence-electron chi connectivity index (χ1n) is 11.9. The SMILES string of the molecule is CC(=O)N[C@H]1[C@H]([C@H](O)[C@H](O)CO)O[C@](OP(=O)(O)OC[C@H]2O[C@@H]([n+]3ccc(N)[nH]c3=O)[C@H](O)[C@@H]2O)(C(=O)O)C[C@@H]1O. The van der Waals surface area contributed by atoms with E-state index >= 15 is 0 Å². The van der Waals surface area contributed by atoms with Gasteiger partial charge < -0.3 is 61.2 Å². The lowest BCUT2D eigenvalue weighted by atomic mass is 9.88. The molecule has 1 unspecified atom stereocenters. The van der Waals surface area contributed by atoms with Crippen LogP contribution >= 0.6 is 7.82 Å². The number of hydrogen-bond acceptors (Lipinski definition) is 15. The van der Waals surface area contributed by atoms with Gasteiger partial charge in [0.1, 0.15) is 42.8 Å². The summed E-state index contributed by atoms with van der Waals surface area (Å²) in [7, 11) is -5.51. The summed E-state index contributed by atoms with van der Waals surface area (Å²) < 4.78 is 33.8. The number of ether oxygens (including phenoxy) is 2. The third-order valence-electron chi connectivity index (χ3n) is 6.36. The maximum Gasteiger partial charge on any atom is 0.499 e. The Morgan fingerprint density at radius 1 is 1.32 bits per heavy atom. The number of H-pyrrole nitrogens is 1. The third-order valence-corrected chi connectivity index (χ3v) is 7.36. The number of amides is 1. The van der Waals surface area contributed by atoms with Crippen LogP contribution in [-0.2, 0) is 32.7 Å². The molecule has 232 valence electrons. The number of phosphoric acid groups is 1. The van der Waals surface area contributed by atoms with E-state index in [-0.39, 0.29) is 5.82 Å².